The van der Waals surface area contributed by atoms with E-state index < -0.39 is 11.7 Å². The van der Waals surface area contributed by atoms with E-state index in [-0.39, 0.29) is 16.1 Å². The molecule has 0 fully saturated rings. The van der Waals surface area contributed by atoms with Gasteiger partial charge < -0.3 is 11.5 Å². The van der Waals surface area contributed by atoms with Gasteiger partial charge in [-0.3, -0.25) is 0 Å². The molecule has 1 aromatic rings. The minimum Gasteiger partial charge on any atom is -0.370 e. The van der Waals surface area contributed by atoms with E-state index in [1.54, 1.807) is 0 Å². The smallest absolute Gasteiger partial charge is 0.370 e. The van der Waals surface area contributed by atoms with Crippen LogP contribution in [-0.2, 0) is 6.18 Å². The predicted octanol–water partition coefficient (Wildman–Crippen LogP) is 2.37. The monoisotopic (exact) mass is 281 g/mol. The lowest BCUT2D eigenvalue weighted by Crippen LogP contribution is -2.21. The summed E-state index contributed by atoms with van der Waals surface area (Å²) in [5.74, 6) is -0.207. The first kappa shape index (κ1) is 11.8. The minimum atomic E-state index is -4.39. The number of nitrogens with two attached hydrogens (primary N) is 2. The van der Waals surface area contributed by atoms with E-state index in [2.05, 4.69) is 20.9 Å². The molecular formula is C8H7BrF3N3. The lowest BCUT2D eigenvalue weighted by molar-refractivity contribution is -0.138. The van der Waals surface area contributed by atoms with Gasteiger partial charge in [-0.2, -0.15) is 13.2 Å². The average Bonchev–Trinajstić information content (AvgIpc) is 1.99. The molecule has 7 heteroatoms. The summed E-state index contributed by atoms with van der Waals surface area (Å²) in [4.78, 5) is 3.62. The van der Waals surface area contributed by atoms with E-state index in [1.165, 1.54) is 12.1 Å². The Kier molecular flexibility index (Phi) is 3.23. The molecule has 0 unspecified atom stereocenters. The van der Waals surface area contributed by atoms with Crippen LogP contribution in [0.4, 0.5) is 18.9 Å². The first-order valence-corrected chi connectivity index (χ1v) is 4.56. The Balaban J connectivity index is 3.15. The van der Waals surface area contributed by atoms with Gasteiger partial charge in [-0.25, -0.2) is 4.99 Å². The number of guanidine groups is 1. The van der Waals surface area contributed by atoms with Gasteiger partial charge in [-0.1, -0.05) is 15.9 Å². The van der Waals surface area contributed by atoms with Crippen LogP contribution in [0, 0.1) is 0 Å². The maximum absolute atomic E-state index is 12.3. The number of hydrogen-bond donors (Lipinski definition) is 2. The molecule has 0 aromatic heterocycles. The van der Waals surface area contributed by atoms with Crippen molar-refractivity contribution in [2.45, 2.75) is 6.18 Å². The lowest BCUT2D eigenvalue weighted by Gasteiger charge is -2.08. The van der Waals surface area contributed by atoms with E-state index >= 15 is 0 Å². The summed E-state index contributed by atoms with van der Waals surface area (Å²) in [6, 6.07) is 3.29. The molecule has 0 radical (unpaired) electrons. The molecule has 3 nitrogen and oxygen atoms in total. The topological polar surface area (TPSA) is 64.4 Å². The summed E-state index contributed by atoms with van der Waals surface area (Å²) in [7, 11) is 0. The number of alkyl halides is 3. The van der Waals surface area contributed by atoms with Gasteiger partial charge in [0, 0.05) is 4.47 Å². The highest BCUT2D eigenvalue weighted by Crippen LogP contribution is 2.36. The van der Waals surface area contributed by atoms with Crippen molar-refractivity contribution >= 4 is 27.6 Å². The van der Waals surface area contributed by atoms with Crippen molar-refractivity contribution in [3.63, 3.8) is 0 Å². The maximum Gasteiger partial charge on any atom is 0.417 e. The summed E-state index contributed by atoms with van der Waals surface area (Å²) in [5.41, 5.74) is 9.67. The standard InChI is InChI=1S/C8H7BrF3N3/c9-6-3-4(15-7(13)14)1-2-5(6)8(10,11)12/h1-3H,(H4,13,14,15). The Labute approximate surface area is 92.1 Å². The lowest BCUT2D eigenvalue weighted by atomic mass is 10.2. The molecule has 0 amide bonds. The first-order valence-electron chi connectivity index (χ1n) is 3.77. The first-order chi connectivity index (χ1) is 6.80. The highest BCUT2D eigenvalue weighted by Gasteiger charge is 2.32. The third-order valence-electron chi connectivity index (χ3n) is 1.52. The van der Waals surface area contributed by atoms with Crippen molar-refractivity contribution in [1.82, 2.24) is 0 Å². The zero-order chi connectivity index (χ0) is 11.6. The van der Waals surface area contributed by atoms with Crippen molar-refractivity contribution in [2.24, 2.45) is 16.5 Å². The predicted molar refractivity (Wildman–Crippen MR) is 54.6 cm³/mol. The molecule has 1 aromatic carbocycles. The molecule has 0 heterocycles. The SMILES string of the molecule is NC(N)=Nc1ccc(C(F)(F)F)c(Br)c1. The Morgan fingerprint density at radius 3 is 2.27 bits per heavy atom. The van der Waals surface area contributed by atoms with Gasteiger partial charge >= 0.3 is 6.18 Å². The average molecular weight is 282 g/mol. The molecular weight excluding hydrogens is 275 g/mol. The van der Waals surface area contributed by atoms with E-state index in [0.717, 1.165) is 6.07 Å². The van der Waals surface area contributed by atoms with Crippen LogP contribution in [0.1, 0.15) is 5.56 Å². The van der Waals surface area contributed by atoms with E-state index in [9.17, 15) is 13.2 Å². The van der Waals surface area contributed by atoms with Crippen LogP contribution in [0.15, 0.2) is 27.7 Å². The summed E-state index contributed by atoms with van der Waals surface area (Å²) >= 11 is 2.80. The van der Waals surface area contributed by atoms with E-state index in [0.29, 0.717) is 0 Å². The number of nitrogens with zero attached hydrogens (tertiary/aromatic N) is 1. The van der Waals surface area contributed by atoms with Crippen molar-refractivity contribution < 1.29 is 13.2 Å². The molecule has 1 rings (SSSR count). The van der Waals surface area contributed by atoms with Crippen molar-refractivity contribution in [3.05, 3.63) is 28.2 Å². The van der Waals surface area contributed by atoms with Gasteiger partial charge in [0.15, 0.2) is 5.96 Å². The summed E-state index contributed by atoms with van der Waals surface area (Å²) < 4.78 is 36.9. The molecule has 15 heavy (non-hydrogen) atoms. The van der Waals surface area contributed by atoms with Crippen LogP contribution in [0.3, 0.4) is 0 Å². The Morgan fingerprint density at radius 2 is 1.87 bits per heavy atom. The molecule has 0 bridgehead atoms. The van der Waals surface area contributed by atoms with E-state index in [1.807, 2.05) is 0 Å². The third kappa shape index (κ3) is 3.12. The van der Waals surface area contributed by atoms with Gasteiger partial charge in [0.1, 0.15) is 0 Å². The number of halogens is 4. The quantitative estimate of drug-likeness (QED) is 0.613. The van der Waals surface area contributed by atoms with Crippen LogP contribution >= 0.6 is 15.9 Å². The van der Waals surface area contributed by atoms with Crippen LogP contribution in [0.5, 0.6) is 0 Å². The Hall–Kier alpha value is -1.24. The largest absolute Gasteiger partial charge is 0.417 e. The van der Waals surface area contributed by atoms with Crippen LogP contribution in [-0.4, -0.2) is 5.96 Å². The molecule has 0 spiro atoms. The molecule has 0 aliphatic rings. The van der Waals surface area contributed by atoms with Gasteiger partial charge in [0.2, 0.25) is 0 Å². The Morgan fingerprint density at radius 1 is 1.27 bits per heavy atom. The Bertz CT molecular complexity index is 397. The maximum atomic E-state index is 12.3. The van der Waals surface area contributed by atoms with E-state index in [4.69, 9.17) is 11.5 Å². The minimum absolute atomic E-state index is 0.0995. The molecule has 4 N–H and O–H groups in total. The number of rotatable bonds is 1. The second kappa shape index (κ2) is 4.09. The molecule has 0 atom stereocenters. The highest BCUT2D eigenvalue weighted by atomic mass is 79.9. The number of hydrogen-bond acceptors (Lipinski definition) is 1. The van der Waals surface area contributed by atoms with Gasteiger partial charge in [0.05, 0.1) is 11.3 Å². The highest BCUT2D eigenvalue weighted by molar-refractivity contribution is 9.10. The number of benzene rings is 1. The zero-order valence-corrected chi connectivity index (χ0v) is 8.93. The summed E-state index contributed by atoms with van der Waals surface area (Å²) in [6.45, 7) is 0. The fourth-order valence-corrected chi connectivity index (χ4v) is 1.54. The van der Waals surface area contributed by atoms with Crippen molar-refractivity contribution in [2.75, 3.05) is 0 Å². The van der Waals surface area contributed by atoms with Crippen molar-refractivity contribution in [3.8, 4) is 0 Å². The van der Waals surface area contributed by atoms with Crippen molar-refractivity contribution in [1.29, 1.82) is 0 Å². The van der Waals surface area contributed by atoms with Gasteiger partial charge in [0.25, 0.3) is 0 Å². The zero-order valence-electron chi connectivity index (χ0n) is 7.35. The normalized spacial score (nSPS) is 11.2. The molecule has 0 aliphatic carbocycles. The van der Waals surface area contributed by atoms with Gasteiger partial charge in [-0.05, 0) is 18.2 Å². The van der Waals surface area contributed by atoms with Crippen LogP contribution < -0.4 is 11.5 Å². The third-order valence-corrected chi connectivity index (χ3v) is 2.17. The van der Waals surface area contributed by atoms with Crippen LogP contribution in [0.25, 0.3) is 0 Å². The second-order valence-electron chi connectivity index (χ2n) is 2.70. The second-order valence-corrected chi connectivity index (χ2v) is 3.55. The van der Waals surface area contributed by atoms with Gasteiger partial charge in [-0.15, -0.1) is 0 Å². The molecule has 0 aliphatic heterocycles. The fourth-order valence-electron chi connectivity index (χ4n) is 0.953. The summed E-state index contributed by atoms with van der Waals surface area (Å²) in [5, 5.41) is 0. The number of aliphatic imine (C=N–C) groups is 1. The fraction of sp³-hybridized carbons (Fsp3) is 0.125. The molecule has 82 valence electrons. The van der Waals surface area contributed by atoms with Crippen LogP contribution in [0.2, 0.25) is 0 Å². The summed E-state index contributed by atoms with van der Waals surface area (Å²) in [6.07, 6.45) is -4.39. The molecule has 0 saturated heterocycles. The molecule has 0 saturated carbocycles.